The molecule has 0 spiro atoms. The molecule has 1 aromatic rings. The van der Waals surface area contributed by atoms with Crippen LogP contribution in [0.3, 0.4) is 0 Å². The number of nitrogens with zero attached hydrogens (tertiary/aromatic N) is 2. The normalized spacial score (nSPS) is 27.3. The average molecular weight is 288 g/mol. The number of hydrogen-bond acceptors (Lipinski definition) is 4. The maximum absolute atomic E-state index is 4.50. The van der Waals surface area contributed by atoms with E-state index in [-0.39, 0.29) is 0 Å². The van der Waals surface area contributed by atoms with E-state index in [1.165, 1.54) is 31.2 Å². The first kappa shape index (κ1) is 14.6. The van der Waals surface area contributed by atoms with E-state index in [1.807, 2.05) is 0 Å². The van der Waals surface area contributed by atoms with Crippen molar-refractivity contribution in [2.75, 3.05) is 23.7 Å². The maximum Gasteiger partial charge on any atom is 0.134 e. The summed E-state index contributed by atoms with van der Waals surface area (Å²) in [6.07, 6.45) is 7.47. The van der Waals surface area contributed by atoms with Crippen molar-refractivity contribution in [3.8, 4) is 0 Å². The van der Waals surface area contributed by atoms with E-state index >= 15 is 0 Å². The molecule has 2 N–H and O–H groups in total. The molecule has 1 aromatic heterocycles. The van der Waals surface area contributed by atoms with Gasteiger partial charge in [-0.15, -0.1) is 0 Å². The van der Waals surface area contributed by atoms with Crippen LogP contribution in [0.25, 0.3) is 0 Å². The van der Waals surface area contributed by atoms with Gasteiger partial charge in [-0.1, -0.05) is 20.3 Å². The summed E-state index contributed by atoms with van der Waals surface area (Å²) in [6.45, 7) is 8.49. The largest absolute Gasteiger partial charge is 0.370 e. The van der Waals surface area contributed by atoms with Crippen LogP contribution in [0.15, 0.2) is 6.33 Å². The van der Waals surface area contributed by atoms with Gasteiger partial charge in [0.05, 0.1) is 0 Å². The highest BCUT2D eigenvalue weighted by Gasteiger charge is 2.39. The molecular formula is C17H28N4. The molecule has 2 aliphatic carbocycles. The average Bonchev–Trinajstić information content (AvgIpc) is 3.07. The summed E-state index contributed by atoms with van der Waals surface area (Å²) in [5.41, 5.74) is 1.22. The lowest BCUT2D eigenvalue weighted by atomic mass is 9.89. The van der Waals surface area contributed by atoms with Crippen LogP contribution in [-0.4, -0.2) is 23.1 Å². The van der Waals surface area contributed by atoms with E-state index in [4.69, 9.17) is 0 Å². The Morgan fingerprint density at radius 3 is 2.48 bits per heavy atom. The standard InChI is InChI=1S/C17H28N4/c1-4-18-16-15(11(2)3)17(21-10-20-16)19-9-14-8-12-5-6-13(14)7-12/h10-14H,4-9H2,1-3H3,(H2,18,19,20,21). The molecule has 116 valence electrons. The zero-order valence-corrected chi connectivity index (χ0v) is 13.5. The Labute approximate surface area is 128 Å². The first-order valence-corrected chi connectivity index (χ1v) is 8.51. The highest BCUT2D eigenvalue weighted by molar-refractivity contribution is 5.59. The van der Waals surface area contributed by atoms with Crippen molar-refractivity contribution in [3.05, 3.63) is 11.9 Å². The fraction of sp³-hybridized carbons (Fsp3) is 0.765. The highest BCUT2D eigenvalue weighted by atomic mass is 15.1. The summed E-state index contributed by atoms with van der Waals surface area (Å²) in [6, 6.07) is 0. The van der Waals surface area contributed by atoms with Crippen molar-refractivity contribution in [2.45, 2.75) is 52.4 Å². The summed E-state index contributed by atoms with van der Waals surface area (Å²) in [7, 11) is 0. The minimum absolute atomic E-state index is 0.419. The van der Waals surface area contributed by atoms with E-state index in [1.54, 1.807) is 6.33 Å². The second kappa shape index (κ2) is 6.20. The fourth-order valence-corrected chi connectivity index (χ4v) is 4.25. The molecule has 21 heavy (non-hydrogen) atoms. The second-order valence-electron chi connectivity index (χ2n) is 6.99. The lowest BCUT2D eigenvalue weighted by molar-refractivity contribution is 0.348. The van der Waals surface area contributed by atoms with Gasteiger partial charge in [-0.25, -0.2) is 9.97 Å². The summed E-state index contributed by atoms with van der Waals surface area (Å²) < 4.78 is 0. The molecule has 0 radical (unpaired) electrons. The van der Waals surface area contributed by atoms with Crippen molar-refractivity contribution in [2.24, 2.45) is 17.8 Å². The summed E-state index contributed by atoms with van der Waals surface area (Å²) in [5, 5.41) is 6.99. The van der Waals surface area contributed by atoms with Crippen LogP contribution in [0.2, 0.25) is 0 Å². The molecule has 0 amide bonds. The molecule has 2 bridgehead atoms. The molecule has 1 heterocycles. The molecule has 0 saturated heterocycles. The number of aromatic nitrogens is 2. The van der Waals surface area contributed by atoms with Gasteiger partial charge in [0.25, 0.3) is 0 Å². The molecule has 3 atom stereocenters. The Morgan fingerprint density at radius 1 is 1.14 bits per heavy atom. The summed E-state index contributed by atoms with van der Waals surface area (Å²) >= 11 is 0. The van der Waals surface area contributed by atoms with Crippen molar-refractivity contribution >= 4 is 11.6 Å². The Kier molecular flexibility index (Phi) is 4.32. The quantitative estimate of drug-likeness (QED) is 0.834. The summed E-state index contributed by atoms with van der Waals surface area (Å²) in [4.78, 5) is 8.91. The minimum atomic E-state index is 0.419. The minimum Gasteiger partial charge on any atom is -0.370 e. The highest BCUT2D eigenvalue weighted by Crippen LogP contribution is 2.48. The predicted octanol–water partition coefficient (Wildman–Crippen LogP) is 3.88. The molecule has 2 saturated carbocycles. The lowest BCUT2D eigenvalue weighted by Crippen LogP contribution is -2.21. The van der Waals surface area contributed by atoms with Crippen LogP contribution in [0, 0.1) is 17.8 Å². The Hall–Kier alpha value is -1.32. The van der Waals surface area contributed by atoms with Gasteiger partial charge in [0.2, 0.25) is 0 Å². The molecule has 0 aromatic carbocycles. The number of fused-ring (bicyclic) bond motifs is 2. The van der Waals surface area contributed by atoms with E-state index in [9.17, 15) is 0 Å². The van der Waals surface area contributed by atoms with Crippen LogP contribution in [0.5, 0.6) is 0 Å². The van der Waals surface area contributed by atoms with Crippen molar-refractivity contribution in [1.29, 1.82) is 0 Å². The first-order valence-electron chi connectivity index (χ1n) is 8.51. The van der Waals surface area contributed by atoms with E-state index in [0.29, 0.717) is 5.92 Å². The molecule has 4 heteroatoms. The third kappa shape index (κ3) is 2.99. The fourth-order valence-electron chi connectivity index (χ4n) is 4.25. The van der Waals surface area contributed by atoms with E-state index in [0.717, 1.165) is 42.5 Å². The number of anilines is 2. The van der Waals surface area contributed by atoms with Gasteiger partial charge >= 0.3 is 0 Å². The lowest BCUT2D eigenvalue weighted by Gasteiger charge is -2.24. The van der Waals surface area contributed by atoms with Gasteiger partial charge in [0, 0.05) is 18.7 Å². The second-order valence-corrected chi connectivity index (χ2v) is 6.99. The van der Waals surface area contributed by atoms with Crippen LogP contribution >= 0.6 is 0 Å². The monoisotopic (exact) mass is 288 g/mol. The zero-order valence-electron chi connectivity index (χ0n) is 13.5. The number of rotatable bonds is 6. The van der Waals surface area contributed by atoms with E-state index in [2.05, 4.69) is 41.4 Å². The van der Waals surface area contributed by atoms with Gasteiger partial charge < -0.3 is 10.6 Å². The van der Waals surface area contributed by atoms with Gasteiger partial charge in [0.1, 0.15) is 18.0 Å². The molecule has 4 nitrogen and oxygen atoms in total. The van der Waals surface area contributed by atoms with Gasteiger partial charge in [-0.2, -0.15) is 0 Å². The van der Waals surface area contributed by atoms with Gasteiger partial charge in [-0.3, -0.25) is 0 Å². The third-order valence-electron chi connectivity index (χ3n) is 5.22. The molecule has 2 aliphatic rings. The van der Waals surface area contributed by atoms with E-state index < -0.39 is 0 Å². The van der Waals surface area contributed by atoms with Crippen molar-refractivity contribution < 1.29 is 0 Å². The first-order chi connectivity index (χ1) is 10.2. The van der Waals surface area contributed by atoms with Crippen molar-refractivity contribution in [1.82, 2.24) is 9.97 Å². The van der Waals surface area contributed by atoms with Crippen LogP contribution in [0.1, 0.15) is 57.9 Å². The Morgan fingerprint density at radius 2 is 1.90 bits per heavy atom. The maximum atomic E-state index is 4.50. The van der Waals surface area contributed by atoms with Gasteiger partial charge in [-0.05, 0) is 49.9 Å². The molecule has 3 unspecified atom stereocenters. The zero-order chi connectivity index (χ0) is 14.8. The molecule has 3 rings (SSSR count). The molecule has 2 fully saturated rings. The third-order valence-corrected chi connectivity index (χ3v) is 5.22. The van der Waals surface area contributed by atoms with Crippen LogP contribution in [-0.2, 0) is 0 Å². The molecule has 0 aliphatic heterocycles. The summed E-state index contributed by atoms with van der Waals surface area (Å²) in [5.74, 6) is 5.25. The number of nitrogens with one attached hydrogen (secondary N) is 2. The topological polar surface area (TPSA) is 49.8 Å². The van der Waals surface area contributed by atoms with Crippen molar-refractivity contribution in [3.63, 3.8) is 0 Å². The molecular weight excluding hydrogens is 260 g/mol. The van der Waals surface area contributed by atoms with Crippen LogP contribution in [0.4, 0.5) is 11.6 Å². The Bertz CT molecular complexity index is 486. The Balaban J connectivity index is 1.71. The SMILES string of the molecule is CCNc1ncnc(NCC2CC3CCC2C3)c1C(C)C. The number of hydrogen-bond donors (Lipinski definition) is 2. The van der Waals surface area contributed by atoms with Crippen LogP contribution < -0.4 is 10.6 Å². The smallest absolute Gasteiger partial charge is 0.134 e. The predicted molar refractivity (Wildman–Crippen MR) is 87.7 cm³/mol. The van der Waals surface area contributed by atoms with Gasteiger partial charge in [0.15, 0.2) is 0 Å².